The normalized spacial score (nSPS) is 11.5. The summed E-state index contributed by atoms with van der Waals surface area (Å²) in [7, 11) is 2.97. The van der Waals surface area contributed by atoms with Gasteiger partial charge in [-0.05, 0) is 12.1 Å². The molecule has 0 radical (unpaired) electrons. The molecule has 0 aromatic heterocycles. The molecule has 0 amide bonds. The van der Waals surface area contributed by atoms with Crippen LogP contribution in [0, 0.1) is 0 Å². The number of carboxylic acids is 1. The summed E-state index contributed by atoms with van der Waals surface area (Å²) in [5.74, 6) is 0.000902. The molecule has 0 aliphatic carbocycles. The van der Waals surface area contributed by atoms with Crippen molar-refractivity contribution in [2.75, 3.05) is 14.2 Å². The maximum atomic E-state index is 11.5. The number of rotatable bonds is 6. The molecule has 21 heavy (non-hydrogen) atoms. The number of hydrogen-bond donors (Lipinski definition) is 1. The van der Waals surface area contributed by atoms with Gasteiger partial charge < -0.3 is 19.3 Å². The lowest BCUT2D eigenvalue weighted by Gasteiger charge is -2.19. The van der Waals surface area contributed by atoms with Crippen LogP contribution < -0.4 is 14.2 Å². The van der Waals surface area contributed by atoms with Gasteiger partial charge >= 0.3 is 5.97 Å². The van der Waals surface area contributed by atoms with Crippen LogP contribution in [0.5, 0.6) is 17.2 Å². The molecular weight excluding hydrogens is 272 g/mol. The number of para-hydroxylation sites is 1. The van der Waals surface area contributed by atoms with E-state index in [1.54, 1.807) is 42.5 Å². The van der Waals surface area contributed by atoms with Crippen molar-refractivity contribution in [2.24, 2.45) is 0 Å². The molecular formula is C16H16O5. The summed E-state index contributed by atoms with van der Waals surface area (Å²) in [6.45, 7) is 0. The van der Waals surface area contributed by atoms with Gasteiger partial charge in [0.15, 0.2) is 11.5 Å². The minimum atomic E-state index is -1.14. The highest BCUT2D eigenvalue weighted by atomic mass is 16.6. The van der Waals surface area contributed by atoms with Crippen molar-refractivity contribution in [3.8, 4) is 17.2 Å². The van der Waals surface area contributed by atoms with Gasteiger partial charge in [-0.2, -0.15) is 0 Å². The van der Waals surface area contributed by atoms with Gasteiger partial charge in [0.1, 0.15) is 0 Å². The lowest BCUT2D eigenvalue weighted by Crippen LogP contribution is -2.18. The molecule has 0 bridgehead atoms. The molecule has 2 aromatic rings. The minimum absolute atomic E-state index is 0.263. The summed E-state index contributed by atoms with van der Waals surface area (Å²) >= 11 is 0. The second-order valence-electron chi connectivity index (χ2n) is 4.24. The third-order valence-corrected chi connectivity index (χ3v) is 2.94. The molecule has 0 fully saturated rings. The number of benzene rings is 2. The van der Waals surface area contributed by atoms with E-state index >= 15 is 0 Å². The Kier molecular flexibility index (Phi) is 4.66. The van der Waals surface area contributed by atoms with Crippen molar-refractivity contribution in [1.29, 1.82) is 0 Å². The fraction of sp³-hybridized carbons (Fsp3) is 0.188. The SMILES string of the molecule is COc1cccc(OC)c1OC(C(=O)O)c1ccccc1. The molecule has 0 spiro atoms. The van der Waals surface area contributed by atoms with Crippen LogP contribution >= 0.6 is 0 Å². The third-order valence-electron chi connectivity index (χ3n) is 2.94. The molecule has 0 saturated carbocycles. The Morgan fingerprint density at radius 2 is 1.52 bits per heavy atom. The first-order valence-electron chi connectivity index (χ1n) is 6.32. The Hall–Kier alpha value is -2.69. The van der Waals surface area contributed by atoms with Gasteiger partial charge in [0, 0.05) is 5.56 Å². The fourth-order valence-electron chi connectivity index (χ4n) is 1.94. The topological polar surface area (TPSA) is 65.0 Å². The van der Waals surface area contributed by atoms with Crippen molar-refractivity contribution in [3.63, 3.8) is 0 Å². The number of aliphatic carboxylic acids is 1. The van der Waals surface area contributed by atoms with Crippen LogP contribution in [0.3, 0.4) is 0 Å². The highest BCUT2D eigenvalue weighted by Crippen LogP contribution is 2.39. The van der Waals surface area contributed by atoms with Gasteiger partial charge in [0.25, 0.3) is 0 Å². The largest absolute Gasteiger partial charge is 0.493 e. The Morgan fingerprint density at radius 3 is 2.00 bits per heavy atom. The zero-order valence-electron chi connectivity index (χ0n) is 11.8. The van der Waals surface area contributed by atoms with E-state index in [2.05, 4.69) is 0 Å². The zero-order valence-corrected chi connectivity index (χ0v) is 11.8. The van der Waals surface area contributed by atoms with E-state index in [0.717, 1.165) is 0 Å². The van der Waals surface area contributed by atoms with E-state index in [1.807, 2.05) is 6.07 Å². The molecule has 2 rings (SSSR count). The van der Waals surface area contributed by atoms with E-state index in [9.17, 15) is 9.90 Å². The fourth-order valence-corrected chi connectivity index (χ4v) is 1.94. The molecule has 1 N–H and O–H groups in total. The van der Waals surface area contributed by atoms with Crippen molar-refractivity contribution in [2.45, 2.75) is 6.10 Å². The standard InChI is InChI=1S/C16H16O5/c1-19-12-9-6-10-13(20-2)15(12)21-14(16(17)18)11-7-4-3-5-8-11/h3-10,14H,1-2H3,(H,17,18). The van der Waals surface area contributed by atoms with Gasteiger partial charge in [-0.3, -0.25) is 0 Å². The summed E-state index contributed by atoms with van der Waals surface area (Å²) in [4.78, 5) is 11.5. The van der Waals surface area contributed by atoms with Crippen LogP contribution in [0.15, 0.2) is 48.5 Å². The molecule has 0 heterocycles. The van der Waals surface area contributed by atoms with Crippen molar-refractivity contribution < 1.29 is 24.1 Å². The molecule has 110 valence electrons. The van der Waals surface area contributed by atoms with E-state index in [-0.39, 0.29) is 5.75 Å². The maximum absolute atomic E-state index is 11.5. The smallest absolute Gasteiger partial charge is 0.349 e. The van der Waals surface area contributed by atoms with Crippen molar-refractivity contribution in [3.05, 3.63) is 54.1 Å². The van der Waals surface area contributed by atoms with E-state index in [4.69, 9.17) is 14.2 Å². The monoisotopic (exact) mass is 288 g/mol. The molecule has 1 unspecified atom stereocenters. The van der Waals surface area contributed by atoms with Crippen molar-refractivity contribution >= 4 is 5.97 Å². The van der Waals surface area contributed by atoms with E-state index in [0.29, 0.717) is 17.1 Å². The number of hydrogen-bond acceptors (Lipinski definition) is 4. The van der Waals surface area contributed by atoms with Crippen LogP contribution in [0.2, 0.25) is 0 Å². The van der Waals surface area contributed by atoms with Gasteiger partial charge in [-0.15, -0.1) is 0 Å². The second kappa shape index (κ2) is 6.65. The quantitative estimate of drug-likeness (QED) is 0.885. The summed E-state index contributed by atoms with van der Waals surface area (Å²) in [5.41, 5.74) is 0.540. The first kappa shape index (κ1) is 14.7. The van der Waals surface area contributed by atoms with Crippen molar-refractivity contribution in [1.82, 2.24) is 0 Å². The lowest BCUT2D eigenvalue weighted by molar-refractivity contribution is -0.145. The Morgan fingerprint density at radius 1 is 0.952 bits per heavy atom. The van der Waals surface area contributed by atoms with Crippen LogP contribution in [-0.4, -0.2) is 25.3 Å². The second-order valence-corrected chi connectivity index (χ2v) is 4.24. The van der Waals surface area contributed by atoms with Gasteiger partial charge in [-0.1, -0.05) is 36.4 Å². The summed E-state index contributed by atoms with van der Waals surface area (Å²) in [6.07, 6.45) is -1.14. The van der Waals surface area contributed by atoms with E-state index < -0.39 is 12.1 Å². The maximum Gasteiger partial charge on any atom is 0.349 e. The minimum Gasteiger partial charge on any atom is -0.493 e. The molecule has 2 aromatic carbocycles. The summed E-state index contributed by atoms with van der Waals surface area (Å²) < 4.78 is 16.1. The lowest BCUT2D eigenvalue weighted by atomic mass is 10.1. The van der Waals surface area contributed by atoms with Gasteiger partial charge in [-0.25, -0.2) is 4.79 Å². The zero-order chi connectivity index (χ0) is 15.2. The summed E-state index contributed by atoms with van der Waals surface area (Å²) in [6, 6.07) is 13.8. The number of carbonyl (C=O) groups is 1. The molecule has 5 nitrogen and oxygen atoms in total. The number of carboxylic acid groups (broad SMARTS) is 1. The van der Waals surface area contributed by atoms with Crippen LogP contribution in [0.25, 0.3) is 0 Å². The average Bonchev–Trinajstić information content (AvgIpc) is 2.52. The van der Waals surface area contributed by atoms with Crippen LogP contribution in [-0.2, 0) is 4.79 Å². The predicted octanol–water partition coefficient (Wildman–Crippen LogP) is 2.91. The highest BCUT2D eigenvalue weighted by Gasteiger charge is 2.25. The first-order chi connectivity index (χ1) is 10.2. The Bertz CT molecular complexity index is 587. The Labute approximate surface area is 122 Å². The molecule has 0 saturated heterocycles. The van der Waals surface area contributed by atoms with E-state index in [1.165, 1.54) is 14.2 Å². The third kappa shape index (κ3) is 3.25. The number of ether oxygens (including phenoxy) is 3. The number of methoxy groups -OCH3 is 2. The summed E-state index contributed by atoms with van der Waals surface area (Å²) in [5, 5.41) is 9.41. The van der Waals surface area contributed by atoms with Crippen LogP contribution in [0.4, 0.5) is 0 Å². The molecule has 0 aliphatic rings. The first-order valence-corrected chi connectivity index (χ1v) is 6.32. The molecule has 1 atom stereocenters. The van der Waals surface area contributed by atoms with Gasteiger partial charge in [0.2, 0.25) is 11.9 Å². The average molecular weight is 288 g/mol. The molecule has 5 heteroatoms. The van der Waals surface area contributed by atoms with Gasteiger partial charge in [0.05, 0.1) is 14.2 Å². The Balaban J connectivity index is 2.40. The van der Waals surface area contributed by atoms with Crippen LogP contribution in [0.1, 0.15) is 11.7 Å². The highest BCUT2D eigenvalue weighted by molar-refractivity contribution is 5.75. The predicted molar refractivity (Wildman–Crippen MR) is 77.0 cm³/mol. The molecule has 0 aliphatic heterocycles.